The molecule has 0 atom stereocenters. The van der Waals surface area contributed by atoms with E-state index in [0.717, 1.165) is 36.9 Å². The molecule has 0 bridgehead atoms. The molecular weight excluding hydrogens is 446 g/mol. The molecule has 35 heavy (non-hydrogen) atoms. The third-order valence-corrected chi connectivity index (χ3v) is 6.60. The third kappa shape index (κ3) is 5.13. The van der Waals surface area contributed by atoms with E-state index in [1.54, 1.807) is 12.3 Å². The minimum absolute atomic E-state index is 0.144. The van der Waals surface area contributed by atoms with Gasteiger partial charge in [-0.25, -0.2) is 14.8 Å². The molecule has 2 N–H and O–H groups in total. The quantitative estimate of drug-likeness (QED) is 0.514. The number of hydrogen-bond acceptors (Lipinski definition) is 6. The molecular formula is C26H31N5O4. The average Bonchev–Trinajstić information content (AvgIpc) is 3.57. The summed E-state index contributed by atoms with van der Waals surface area (Å²) in [6, 6.07) is 5.40. The molecule has 0 saturated heterocycles. The Morgan fingerprint density at radius 3 is 2.63 bits per heavy atom. The summed E-state index contributed by atoms with van der Waals surface area (Å²) < 4.78 is 7.37. The largest absolute Gasteiger partial charge is 0.474 e. The van der Waals surface area contributed by atoms with Crippen LogP contribution in [0.4, 0.5) is 0 Å². The van der Waals surface area contributed by atoms with E-state index in [-0.39, 0.29) is 47.0 Å². The second kappa shape index (κ2) is 9.64. The average molecular weight is 478 g/mol. The number of H-pyrrole nitrogens is 1. The van der Waals surface area contributed by atoms with Crippen LogP contribution in [-0.2, 0) is 13.1 Å². The Hall–Kier alpha value is -3.49. The number of amides is 1. The predicted molar refractivity (Wildman–Crippen MR) is 132 cm³/mol. The first-order chi connectivity index (χ1) is 16.9. The van der Waals surface area contributed by atoms with Crippen LogP contribution in [0, 0.1) is 5.92 Å². The van der Waals surface area contributed by atoms with Crippen LogP contribution in [0.25, 0.3) is 11.0 Å². The summed E-state index contributed by atoms with van der Waals surface area (Å²) in [6.45, 7) is 4.62. The summed E-state index contributed by atoms with van der Waals surface area (Å²) in [5.41, 5.74) is 0.986. The molecule has 2 fully saturated rings. The molecule has 2 saturated carbocycles. The van der Waals surface area contributed by atoms with Gasteiger partial charge in [-0.15, -0.1) is 0 Å². The number of rotatable bonds is 8. The minimum atomic E-state index is -0.597. The monoisotopic (exact) mass is 477 g/mol. The van der Waals surface area contributed by atoms with Crippen molar-refractivity contribution >= 4 is 16.9 Å². The Morgan fingerprint density at radius 1 is 1.20 bits per heavy atom. The van der Waals surface area contributed by atoms with Gasteiger partial charge in [-0.05, 0) is 56.1 Å². The van der Waals surface area contributed by atoms with Gasteiger partial charge in [-0.1, -0.05) is 19.9 Å². The second-order valence-electron chi connectivity index (χ2n) is 10.0. The molecule has 0 radical (unpaired) electrons. The fourth-order valence-electron chi connectivity index (χ4n) is 4.64. The molecule has 0 aromatic carbocycles. The molecule has 184 valence electrons. The van der Waals surface area contributed by atoms with E-state index in [0.29, 0.717) is 12.4 Å². The third-order valence-electron chi connectivity index (χ3n) is 6.60. The lowest BCUT2D eigenvalue weighted by molar-refractivity contribution is 0.0952. The predicted octanol–water partition coefficient (Wildman–Crippen LogP) is 3.26. The lowest BCUT2D eigenvalue weighted by Gasteiger charge is -2.15. The molecule has 9 nitrogen and oxygen atoms in total. The summed E-state index contributed by atoms with van der Waals surface area (Å²) in [5, 5.41) is 3.04. The molecule has 2 aliphatic carbocycles. The highest BCUT2D eigenvalue weighted by molar-refractivity contribution is 6.05. The number of ether oxygens (including phenoxy) is 1. The van der Waals surface area contributed by atoms with Crippen molar-refractivity contribution in [1.82, 2.24) is 24.8 Å². The van der Waals surface area contributed by atoms with Gasteiger partial charge >= 0.3 is 5.69 Å². The summed E-state index contributed by atoms with van der Waals surface area (Å²) in [5.74, 6) is 0.629. The lowest BCUT2D eigenvalue weighted by atomic mass is 10.1. The van der Waals surface area contributed by atoms with Gasteiger partial charge in [0, 0.05) is 37.0 Å². The summed E-state index contributed by atoms with van der Waals surface area (Å²) in [6.07, 6.45) is 8.40. The van der Waals surface area contributed by atoms with E-state index in [1.807, 2.05) is 26.0 Å². The van der Waals surface area contributed by atoms with E-state index < -0.39 is 11.2 Å². The summed E-state index contributed by atoms with van der Waals surface area (Å²) in [4.78, 5) is 50.0. The van der Waals surface area contributed by atoms with Crippen molar-refractivity contribution in [3.8, 4) is 5.88 Å². The zero-order valence-corrected chi connectivity index (χ0v) is 20.2. The molecule has 9 heteroatoms. The second-order valence-corrected chi connectivity index (χ2v) is 10.0. The molecule has 0 unspecified atom stereocenters. The van der Waals surface area contributed by atoms with Crippen molar-refractivity contribution < 1.29 is 9.53 Å². The van der Waals surface area contributed by atoms with Gasteiger partial charge in [0.15, 0.2) is 5.65 Å². The first-order valence-corrected chi connectivity index (χ1v) is 12.5. The molecule has 0 spiro atoms. The number of nitrogens with one attached hydrogen (secondary N) is 2. The molecule has 5 rings (SSSR count). The van der Waals surface area contributed by atoms with Gasteiger partial charge in [0.25, 0.3) is 11.5 Å². The van der Waals surface area contributed by atoms with Crippen LogP contribution in [0.15, 0.2) is 34.0 Å². The normalized spacial score (nSPS) is 16.2. The van der Waals surface area contributed by atoms with E-state index >= 15 is 0 Å². The number of pyridine rings is 2. The number of aromatic amines is 1. The number of nitrogens with zero attached hydrogens (tertiary/aromatic N) is 3. The molecule has 2 aliphatic rings. The van der Waals surface area contributed by atoms with Crippen molar-refractivity contribution in [2.24, 2.45) is 5.92 Å². The fourth-order valence-corrected chi connectivity index (χ4v) is 4.64. The van der Waals surface area contributed by atoms with Crippen LogP contribution in [0.5, 0.6) is 5.88 Å². The Labute approximate surface area is 203 Å². The van der Waals surface area contributed by atoms with E-state index in [2.05, 4.69) is 20.3 Å². The number of fused-ring (bicyclic) bond motifs is 1. The van der Waals surface area contributed by atoms with Crippen molar-refractivity contribution in [2.75, 3.05) is 0 Å². The topological polar surface area (TPSA) is 119 Å². The summed E-state index contributed by atoms with van der Waals surface area (Å²) in [7, 11) is 0. The van der Waals surface area contributed by atoms with E-state index in [4.69, 9.17) is 4.74 Å². The van der Waals surface area contributed by atoms with Crippen LogP contribution >= 0.6 is 0 Å². The smallest absolute Gasteiger partial charge is 0.330 e. The van der Waals surface area contributed by atoms with E-state index in [9.17, 15) is 14.4 Å². The van der Waals surface area contributed by atoms with Crippen LogP contribution in [0.3, 0.4) is 0 Å². The maximum atomic E-state index is 13.3. The summed E-state index contributed by atoms with van der Waals surface area (Å²) >= 11 is 0. The van der Waals surface area contributed by atoms with Gasteiger partial charge < -0.3 is 10.1 Å². The molecule has 0 aliphatic heterocycles. The van der Waals surface area contributed by atoms with Crippen molar-refractivity contribution in [1.29, 1.82) is 0 Å². The van der Waals surface area contributed by atoms with Gasteiger partial charge in [0.2, 0.25) is 5.88 Å². The van der Waals surface area contributed by atoms with E-state index in [1.165, 1.54) is 17.4 Å². The fraction of sp³-hybridized carbons (Fsp3) is 0.500. The molecule has 3 aromatic rings. The van der Waals surface area contributed by atoms with Crippen molar-refractivity contribution in [2.45, 2.75) is 77.5 Å². The highest BCUT2D eigenvalue weighted by atomic mass is 16.5. The number of carbonyl (C=O) groups excluding carboxylic acids is 1. The SMILES string of the molecule is CC(C)Cn1c(=O)[nH]c(=O)c2c(C(=O)NCc3ccc(OC4CCCC4)nc3)cc(C3CC3)nc21. The van der Waals surface area contributed by atoms with Crippen LogP contribution in [0.1, 0.15) is 79.9 Å². The van der Waals surface area contributed by atoms with Gasteiger partial charge in [0.05, 0.1) is 10.9 Å². The van der Waals surface area contributed by atoms with Crippen molar-refractivity contribution in [3.63, 3.8) is 0 Å². The number of carbonyl (C=O) groups is 1. The Balaban J connectivity index is 1.41. The Morgan fingerprint density at radius 2 is 1.97 bits per heavy atom. The Bertz CT molecular complexity index is 1350. The highest BCUT2D eigenvalue weighted by Gasteiger charge is 2.29. The zero-order valence-electron chi connectivity index (χ0n) is 20.2. The zero-order chi connectivity index (χ0) is 24.5. The van der Waals surface area contributed by atoms with Crippen LogP contribution in [0.2, 0.25) is 0 Å². The maximum Gasteiger partial charge on any atom is 0.330 e. The molecule has 1 amide bonds. The van der Waals surface area contributed by atoms with Gasteiger partial charge in [0.1, 0.15) is 6.10 Å². The van der Waals surface area contributed by atoms with Crippen molar-refractivity contribution in [3.05, 3.63) is 62.1 Å². The molecule has 3 heterocycles. The Kier molecular flexibility index (Phi) is 6.40. The highest BCUT2D eigenvalue weighted by Crippen LogP contribution is 2.40. The number of aromatic nitrogens is 4. The van der Waals surface area contributed by atoms with Crippen LogP contribution < -0.4 is 21.3 Å². The molecule has 3 aromatic heterocycles. The standard InChI is InChI=1S/C26H31N5O4/c1-15(2)14-31-23-22(25(33)30-26(31)34)19(11-20(29-23)17-8-9-17)24(32)28-13-16-7-10-21(27-12-16)35-18-5-3-4-6-18/h7,10-12,15,17-18H,3-6,8-9,13-14H2,1-2H3,(H,28,32)(H,30,33,34). The maximum absolute atomic E-state index is 13.3. The first-order valence-electron chi connectivity index (χ1n) is 12.5. The lowest BCUT2D eigenvalue weighted by Crippen LogP contribution is -2.34. The van der Waals surface area contributed by atoms with Gasteiger partial charge in [-0.3, -0.25) is 19.1 Å². The van der Waals surface area contributed by atoms with Gasteiger partial charge in [-0.2, -0.15) is 0 Å². The number of hydrogen-bond donors (Lipinski definition) is 2. The van der Waals surface area contributed by atoms with Crippen LogP contribution in [-0.4, -0.2) is 31.5 Å². The first kappa shape index (κ1) is 23.3. The minimum Gasteiger partial charge on any atom is -0.474 e.